The monoisotopic (exact) mass is 486 g/mol. The number of aliphatic hydroxyl groups is 1. The predicted octanol–water partition coefficient (Wildman–Crippen LogP) is 2.72. The normalized spacial score (nSPS) is 21.1. The molecule has 184 valence electrons. The number of nitrogen functional groups attached to an aromatic ring is 1. The smallest absolute Gasteiger partial charge is 0.249 e. The molecule has 36 heavy (non-hydrogen) atoms. The van der Waals surface area contributed by atoms with Crippen molar-refractivity contribution in [3.05, 3.63) is 60.5 Å². The molecule has 11 heteroatoms. The van der Waals surface area contributed by atoms with Crippen molar-refractivity contribution in [1.29, 1.82) is 0 Å². The summed E-state index contributed by atoms with van der Waals surface area (Å²) in [6.45, 7) is 1.84. The number of fused-ring (bicyclic) bond motifs is 3. The molecule has 1 unspecified atom stereocenters. The van der Waals surface area contributed by atoms with E-state index in [1.807, 2.05) is 37.3 Å². The molecule has 6 rings (SSSR count). The van der Waals surface area contributed by atoms with Crippen LogP contribution in [0.3, 0.4) is 0 Å². The Bertz CT molecular complexity index is 1530. The number of nitrogens with zero attached hydrogens (tertiary/aromatic N) is 6. The zero-order valence-corrected chi connectivity index (χ0v) is 19.7. The van der Waals surface area contributed by atoms with Crippen LogP contribution in [-0.2, 0) is 4.79 Å². The van der Waals surface area contributed by atoms with Crippen molar-refractivity contribution in [3.63, 3.8) is 0 Å². The maximum Gasteiger partial charge on any atom is 0.249 e. The highest BCUT2D eigenvalue weighted by Crippen LogP contribution is 2.30. The SMILES string of the molecule is CC1(O)CCC(NC(=O)C(c2ccccc2)n2ncc3c2nc(N)n2nc(-c4ccco4)nc32)CC1. The highest BCUT2D eigenvalue weighted by Gasteiger charge is 2.33. The molecule has 0 bridgehead atoms. The average Bonchev–Trinajstić information content (AvgIpc) is 3.61. The van der Waals surface area contributed by atoms with Crippen LogP contribution in [0.5, 0.6) is 0 Å². The van der Waals surface area contributed by atoms with Crippen LogP contribution in [0.2, 0.25) is 0 Å². The standard InChI is InChI=1S/C25H26N8O3/c1-25(35)11-9-16(10-12-25)28-23(34)19(15-6-3-2-4-7-15)32-22-17(14-27-32)21-29-20(18-8-5-13-36-18)31-33(21)24(26)30-22/h2-8,13-14,16,19,35H,9-12H2,1H3,(H2,26,30)(H,28,34). The van der Waals surface area contributed by atoms with Crippen molar-refractivity contribution in [1.82, 2.24) is 34.7 Å². The zero-order chi connectivity index (χ0) is 24.9. The Morgan fingerprint density at radius 1 is 1.17 bits per heavy atom. The molecule has 1 aromatic carbocycles. The fourth-order valence-electron chi connectivity index (χ4n) is 4.83. The lowest BCUT2D eigenvalue weighted by molar-refractivity contribution is -0.124. The number of nitrogens with one attached hydrogen (secondary N) is 1. The number of aromatic nitrogens is 6. The fourth-order valence-corrected chi connectivity index (χ4v) is 4.83. The minimum absolute atomic E-state index is 0.0251. The van der Waals surface area contributed by atoms with Crippen molar-refractivity contribution < 1.29 is 14.3 Å². The molecule has 1 fully saturated rings. The molecule has 1 amide bonds. The molecule has 0 saturated heterocycles. The van der Waals surface area contributed by atoms with Crippen LogP contribution in [0.4, 0.5) is 5.95 Å². The first-order valence-corrected chi connectivity index (χ1v) is 11.9. The molecule has 0 spiro atoms. The van der Waals surface area contributed by atoms with Gasteiger partial charge in [0, 0.05) is 6.04 Å². The van der Waals surface area contributed by atoms with Gasteiger partial charge in [-0.05, 0) is 50.3 Å². The fraction of sp³-hybridized carbons (Fsp3) is 0.320. The molecule has 1 atom stereocenters. The number of rotatable bonds is 5. The number of hydrogen-bond acceptors (Lipinski definition) is 8. The van der Waals surface area contributed by atoms with Crippen LogP contribution >= 0.6 is 0 Å². The zero-order valence-electron chi connectivity index (χ0n) is 19.7. The lowest BCUT2D eigenvalue weighted by atomic mass is 9.83. The van der Waals surface area contributed by atoms with Gasteiger partial charge in [-0.3, -0.25) is 4.79 Å². The summed E-state index contributed by atoms with van der Waals surface area (Å²) in [7, 11) is 0. The summed E-state index contributed by atoms with van der Waals surface area (Å²) in [4.78, 5) is 22.8. The summed E-state index contributed by atoms with van der Waals surface area (Å²) in [5.41, 5.74) is 7.24. The Kier molecular flexibility index (Phi) is 5.22. The maximum absolute atomic E-state index is 13.7. The lowest BCUT2D eigenvalue weighted by Crippen LogP contribution is -2.45. The first-order chi connectivity index (χ1) is 17.4. The third kappa shape index (κ3) is 3.87. The van der Waals surface area contributed by atoms with Gasteiger partial charge < -0.3 is 20.6 Å². The van der Waals surface area contributed by atoms with Crippen molar-refractivity contribution >= 4 is 28.5 Å². The van der Waals surface area contributed by atoms with Crippen LogP contribution in [0.1, 0.15) is 44.2 Å². The number of benzene rings is 1. The first-order valence-electron chi connectivity index (χ1n) is 11.9. The van der Waals surface area contributed by atoms with E-state index in [0.717, 1.165) is 5.56 Å². The Labute approximate surface area is 205 Å². The van der Waals surface area contributed by atoms with E-state index in [-0.39, 0.29) is 17.9 Å². The number of furan rings is 1. The third-order valence-corrected chi connectivity index (χ3v) is 6.81. The molecule has 1 saturated carbocycles. The molecule has 4 heterocycles. The van der Waals surface area contributed by atoms with Crippen LogP contribution < -0.4 is 11.1 Å². The number of hydrogen-bond donors (Lipinski definition) is 3. The average molecular weight is 487 g/mol. The largest absolute Gasteiger partial charge is 0.461 e. The quantitative estimate of drug-likeness (QED) is 0.343. The van der Waals surface area contributed by atoms with Crippen LogP contribution in [0.25, 0.3) is 28.3 Å². The third-order valence-electron chi connectivity index (χ3n) is 6.81. The van der Waals surface area contributed by atoms with Gasteiger partial charge in [-0.25, -0.2) is 9.67 Å². The van der Waals surface area contributed by atoms with E-state index in [1.54, 1.807) is 29.3 Å². The van der Waals surface area contributed by atoms with E-state index >= 15 is 0 Å². The second-order valence-corrected chi connectivity index (χ2v) is 9.54. The van der Waals surface area contributed by atoms with Gasteiger partial charge in [-0.2, -0.15) is 14.6 Å². The summed E-state index contributed by atoms with van der Waals surface area (Å²) in [5, 5.41) is 23.1. The highest BCUT2D eigenvalue weighted by atomic mass is 16.3. The molecule has 0 aliphatic heterocycles. The number of nitrogens with two attached hydrogens (primary N) is 1. The number of anilines is 1. The van der Waals surface area contributed by atoms with Crippen molar-refractivity contribution in [2.45, 2.75) is 50.3 Å². The minimum Gasteiger partial charge on any atom is -0.461 e. The molecule has 11 nitrogen and oxygen atoms in total. The second kappa shape index (κ2) is 8.45. The van der Waals surface area contributed by atoms with Gasteiger partial charge in [0.15, 0.2) is 23.1 Å². The van der Waals surface area contributed by atoms with Crippen LogP contribution in [-0.4, -0.2) is 52.0 Å². The van der Waals surface area contributed by atoms with Crippen molar-refractivity contribution in [2.24, 2.45) is 0 Å². The number of amides is 1. The topological polar surface area (TPSA) is 149 Å². The maximum atomic E-state index is 13.7. The molecule has 4 N–H and O–H groups in total. The number of carbonyl (C=O) groups is 1. The minimum atomic E-state index is -0.770. The molecule has 1 aliphatic carbocycles. The Balaban J connectivity index is 1.42. The number of carbonyl (C=O) groups excluding carboxylic acids is 1. The van der Waals surface area contributed by atoms with Crippen molar-refractivity contribution in [3.8, 4) is 11.6 Å². The van der Waals surface area contributed by atoms with E-state index in [2.05, 4.69) is 25.5 Å². The van der Waals surface area contributed by atoms with Crippen LogP contribution in [0.15, 0.2) is 59.3 Å². The van der Waals surface area contributed by atoms with E-state index < -0.39 is 11.6 Å². The van der Waals surface area contributed by atoms with Gasteiger partial charge in [0.25, 0.3) is 0 Å². The van der Waals surface area contributed by atoms with Gasteiger partial charge in [0.2, 0.25) is 17.7 Å². The molecule has 4 aromatic heterocycles. The highest BCUT2D eigenvalue weighted by molar-refractivity contribution is 5.92. The second-order valence-electron chi connectivity index (χ2n) is 9.54. The van der Waals surface area contributed by atoms with E-state index in [1.165, 1.54) is 4.52 Å². The Morgan fingerprint density at radius 2 is 1.94 bits per heavy atom. The molecular formula is C25H26N8O3. The summed E-state index contributed by atoms with van der Waals surface area (Å²) in [5.74, 6) is 0.799. The molecule has 5 aromatic rings. The molecular weight excluding hydrogens is 460 g/mol. The van der Waals surface area contributed by atoms with E-state index in [4.69, 9.17) is 10.2 Å². The molecule has 0 radical (unpaired) electrons. The molecule has 1 aliphatic rings. The summed E-state index contributed by atoms with van der Waals surface area (Å²) in [6.07, 6.45) is 5.87. The summed E-state index contributed by atoms with van der Waals surface area (Å²) < 4.78 is 8.45. The summed E-state index contributed by atoms with van der Waals surface area (Å²) >= 11 is 0. The van der Waals surface area contributed by atoms with Gasteiger partial charge in [0.05, 0.1) is 23.4 Å². The van der Waals surface area contributed by atoms with Gasteiger partial charge in [0.1, 0.15) is 0 Å². The lowest BCUT2D eigenvalue weighted by Gasteiger charge is -2.34. The Morgan fingerprint density at radius 3 is 2.67 bits per heavy atom. The van der Waals surface area contributed by atoms with Crippen molar-refractivity contribution in [2.75, 3.05) is 5.73 Å². The van der Waals surface area contributed by atoms with E-state index in [9.17, 15) is 9.90 Å². The van der Waals surface area contributed by atoms with Gasteiger partial charge in [-0.1, -0.05) is 30.3 Å². The Hall–Kier alpha value is -4.25. The van der Waals surface area contributed by atoms with Gasteiger partial charge >= 0.3 is 0 Å². The van der Waals surface area contributed by atoms with Crippen LogP contribution in [0, 0.1) is 0 Å². The first kappa shape index (κ1) is 22.2. The van der Waals surface area contributed by atoms with E-state index in [0.29, 0.717) is 53.9 Å². The summed E-state index contributed by atoms with van der Waals surface area (Å²) in [6, 6.07) is 12.2. The van der Waals surface area contributed by atoms with Gasteiger partial charge in [-0.15, -0.1) is 5.10 Å². The predicted molar refractivity (Wildman–Crippen MR) is 132 cm³/mol.